The molecule has 0 saturated carbocycles. The molecule has 1 saturated heterocycles. The number of halogens is 2. The number of fused-ring (bicyclic) bond motifs is 1. The number of aliphatic hydroxyl groups is 1. The number of anilines is 1. The lowest BCUT2D eigenvalue weighted by molar-refractivity contribution is -0.0921. The lowest BCUT2D eigenvalue weighted by atomic mass is 9.88. The van der Waals surface area contributed by atoms with Crippen LogP contribution in [0.3, 0.4) is 0 Å². The highest BCUT2D eigenvalue weighted by Gasteiger charge is 2.41. The smallest absolute Gasteiger partial charge is 0.387 e. The number of likely N-dealkylation sites (tertiary alicyclic amines) is 1. The number of carbonyl (C=O) groups is 1. The molecule has 41 heavy (non-hydrogen) atoms. The maximum Gasteiger partial charge on any atom is 0.387 e. The van der Waals surface area contributed by atoms with Gasteiger partial charge in [-0.2, -0.15) is 19.0 Å². The number of alkyl halides is 2. The largest absolute Gasteiger partial charge is 0.456 e. The summed E-state index contributed by atoms with van der Waals surface area (Å²) in [4.78, 5) is 23.5. The van der Waals surface area contributed by atoms with Gasteiger partial charge in [0.25, 0.3) is 5.91 Å². The first-order chi connectivity index (χ1) is 19.7. The zero-order chi connectivity index (χ0) is 28.7. The van der Waals surface area contributed by atoms with Gasteiger partial charge < -0.3 is 19.9 Å². The number of hydrogen-bond donors (Lipinski definition) is 2. The van der Waals surface area contributed by atoms with Gasteiger partial charge in [0.05, 0.1) is 23.6 Å². The van der Waals surface area contributed by atoms with Gasteiger partial charge in [-0.25, -0.2) is 9.50 Å². The third-order valence-electron chi connectivity index (χ3n) is 6.57. The highest BCUT2D eigenvalue weighted by molar-refractivity contribution is 6.09. The van der Waals surface area contributed by atoms with Crippen molar-refractivity contribution in [3.63, 3.8) is 0 Å². The number of benzene rings is 1. The minimum atomic E-state index is -3.10. The van der Waals surface area contributed by atoms with Crippen LogP contribution in [0.1, 0.15) is 15.9 Å². The Hall–Kier alpha value is -4.95. The molecule has 0 aliphatic carbocycles. The Bertz CT molecular complexity index is 1750. The van der Waals surface area contributed by atoms with Gasteiger partial charge in [0.1, 0.15) is 34.1 Å². The standard InChI is InChI=1S/C27H24F2N8O4/c1-35-14-27(39,15-35)16-8-18(11-30-10-16)40-17-4-5-22(41-26(28)29)19(9-17)23-21(13-36(2)34-23)33-25(38)20-12-32-37-7-3-6-31-24(20)37/h3-13,26,39H,14-15H2,1-2H3,(H,33,38). The van der Waals surface area contributed by atoms with Crippen molar-refractivity contribution in [3.8, 4) is 28.5 Å². The van der Waals surface area contributed by atoms with E-state index < -0.39 is 18.1 Å². The summed E-state index contributed by atoms with van der Waals surface area (Å²) in [5, 5.41) is 22.1. The SMILES string of the molecule is CN1CC(O)(c2cncc(Oc3ccc(OC(F)F)c(-c4nn(C)cc4NC(=O)c4cnn5cccnc45)c3)c2)C1. The topological polar surface area (TPSA) is 132 Å². The Labute approximate surface area is 231 Å². The zero-order valence-electron chi connectivity index (χ0n) is 21.9. The van der Waals surface area contributed by atoms with E-state index >= 15 is 0 Å². The van der Waals surface area contributed by atoms with E-state index in [1.165, 1.54) is 46.0 Å². The van der Waals surface area contributed by atoms with Crippen molar-refractivity contribution in [1.29, 1.82) is 0 Å². The van der Waals surface area contributed by atoms with Crippen molar-refractivity contribution >= 4 is 17.2 Å². The van der Waals surface area contributed by atoms with E-state index in [0.29, 0.717) is 30.0 Å². The van der Waals surface area contributed by atoms with Crippen molar-refractivity contribution in [3.05, 3.63) is 78.6 Å². The van der Waals surface area contributed by atoms with Gasteiger partial charge in [0.2, 0.25) is 0 Å². The first kappa shape index (κ1) is 26.3. The molecule has 2 N–H and O–H groups in total. The van der Waals surface area contributed by atoms with Crippen LogP contribution in [0.2, 0.25) is 0 Å². The number of carbonyl (C=O) groups excluding carboxylic acids is 1. The number of ether oxygens (including phenoxy) is 2. The van der Waals surface area contributed by atoms with Gasteiger partial charge in [-0.05, 0) is 37.4 Å². The number of β-amino-alcohol motifs (C(OH)–C–C–N with tert-alkyl or cyclic N) is 1. The second-order valence-electron chi connectivity index (χ2n) is 9.72. The molecule has 1 amide bonds. The number of amides is 1. The number of likely N-dealkylation sites (N-methyl/N-ethyl adjacent to an activating group) is 1. The molecule has 0 atom stereocenters. The quantitative estimate of drug-likeness (QED) is 0.292. The summed E-state index contributed by atoms with van der Waals surface area (Å²) < 4.78 is 40.3. The fourth-order valence-corrected chi connectivity index (χ4v) is 4.81. The van der Waals surface area contributed by atoms with Crippen molar-refractivity contribution < 1.29 is 28.2 Å². The van der Waals surface area contributed by atoms with E-state index in [4.69, 9.17) is 9.47 Å². The van der Waals surface area contributed by atoms with Crippen LogP contribution < -0.4 is 14.8 Å². The second kappa shape index (κ2) is 10.2. The molecule has 210 valence electrons. The van der Waals surface area contributed by atoms with E-state index in [2.05, 4.69) is 25.5 Å². The Morgan fingerprint density at radius 1 is 1.15 bits per heavy atom. The van der Waals surface area contributed by atoms with Crippen LogP contribution in [-0.2, 0) is 12.6 Å². The molecule has 1 aliphatic rings. The fourth-order valence-electron chi connectivity index (χ4n) is 4.81. The van der Waals surface area contributed by atoms with E-state index in [-0.39, 0.29) is 34.0 Å². The predicted molar refractivity (Wildman–Crippen MR) is 142 cm³/mol. The molecule has 0 spiro atoms. The van der Waals surface area contributed by atoms with Gasteiger partial charge in [0.15, 0.2) is 5.65 Å². The highest BCUT2D eigenvalue weighted by Crippen LogP contribution is 2.39. The molecule has 6 rings (SSSR count). The van der Waals surface area contributed by atoms with Gasteiger partial charge in [-0.1, -0.05) is 0 Å². The van der Waals surface area contributed by atoms with E-state index in [0.717, 1.165) is 0 Å². The number of nitrogens with zero attached hydrogens (tertiary/aromatic N) is 7. The van der Waals surface area contributed by atoms with Crippen LogP contribution in [-0.4, -0.2) is 72.0 Å². The molecule has 5 aromatic rings. The van der Waals surface area contributed by atoms with E-state index in [1.807, 2.05) is 11.9 Å². The fraction of sp³-hybridized carbons (Fsp3) is 0.222. The third kappa shape index (κ3) is 5.17. The molecular weight excluding hydrogens is 538 g/mol. The highest BCUT2D eigenvalue weighted by atomic mass is 19.3. The van der Waals surface area contributed by atoms with E-state index in [9.17, 15) is 18.7 Å². The Morgan fingerprint density at radius 3 is 2.76 bits per heavy atom. The number of hydrogen-bond acceptors (Lipinski definition) is 9. The summed E-state index contributed by atoms with van der Waals surface area (Å²) in [5.74, 6) is -0.0702. The van der Waals surface area contributed by atoms with Gasteiger partial charge in [-0.15, -0.1) is 0 Å². The lowest BCUT2D eigenvalue weighted by Gasteiger charge is -2.44. The van der Waals surface area contributed by atoms with Crippen molar-refractivity contribution in [2.45, 2.75) is 12.2 Å². The number of aromatic nitrogens is 6. The minimum Gasteiger partial charge on any atom is -0.456 e. The Morgan fingerprint density at radius 2 is 1.98 bits per heavy atom. The third-order valence-corrected chi connectivity index (χ3v) is 6.57. The minimum absolute atomic E-state index is 0.153. The van der Waals surface area contributed by atoms with Crippen LogP contribution in [0.4, 0.5) is 14.5 Å². The van der Waals surface area contributed by atoms with Crippen molar-refractivity contribution in [2.75, 3.05) is 25.5 Å². The van der Waals surface area contributed by atoms with Gasteiger partial charge in [0, 0.05) is 50.5 Å². The predicted octanol–water partition coefficient (Wildman–Crippen LogP) is 3.30. The summed E-state index contributed by atoms with van der Waals surface area (Å²) >= 11 is 0. The van der Waals surface area contributed by atoms with E-state index in [1.54, 1.807) is 37.8 Å². The first-order valence-electron chi connectivity index (χ1n) is 12.5. The number of rotatable bonds is 8. The molecule has 1 aromatic carbocycles. The van der Waals surface area contributed by atoms with Crippen LogP contribution in [0.5, 0.6) is 17.2 Å². The molecule has 12 nitrogen and oxygen atoms in total. The van der Waals surface area contributed by atoms with Gasteiger partial charge in [-0.3, -0.25) is 19.4 Å². The monoisotopic (exact) mass is 562 g/mol. The molecule has 14 heteroatoms. The average Bonchev–Trinajstić information content (AvgIpc) is 3.52. The molecule has 1 aliphatic heterocycles. The summed E-state index contributed by atoms with van der Waals surface area (Å²) in [6.07, 6.45) is 9.18. The lowest BCUT2D eigenvalue weighted by Crippen LogP contribution is -2.57. The molecule has 0 unspecified atom stereocenters. The molecule has 1 fully saturated rings. The Balaban J connectivity index is 1.33. The van der Waals surface area contributed by atoms with Gasteiger partial charge >= 0.3 is 6.61 Å². The maximum absolute atomic E-state index is 13.3. The Kier molecular flexibility index (Phi) is 6.55. The van der Waals surface area contributed by atoms with Crippen LogP contribution in [0.25, 0.3) is 16.9 Å². The second-order valence-corrected chi connectivity index (χ2v) is 9.72. The maximum atomic E-state index is 13.3. The first-order valence-corrected chi connectivity index (χ1v) is 12.5. The van der Waals surface area contributed by atoms with Crippen LogP contribution in [0, 0.1) is 0 Å². The summed E-state index contributed by atoms with van der Waals surface area (Å²) in [5.41, 5.74) is 0.700. The van der Waals surface area contributed by atoms with Crippen molar-refractivity contribution in [2.24, 2.45) is 7.05 Å². The molecule has 5 heterocycles. The summed E-state index contributed by atoms with van der Waals surface area (Å²) in [6.45, 7) is -2.18. The van der Waals surface area contributed by atoms with Crippen LogP contribution >= 0.6 is 0 Å². The summed E-state index contributed by atoms with van der Waals surface area (Å²) in [7, 11) is 3.53. The summed E-state index contributed by atoms with van der Waals surface area (Å²) in [6, 6.07) is 7.63. The molecule has 4 aromatic heterocycles. The molecular formula is C27H24F2N8O4. The zero-order valence-corrected chi connectivity index (χ0v) is 21.9. The average molecular weight is 563 g/mol. The molecule has 0 bridgehead atoms. The molecule has 0 radical (unpaired) electrons. The number of pyridine rings is 1. The van der Waals surface area contributed by atoms with Crippen molar-refractivity contribution in [1.82, 2.24) is 34.3 Å². The number of nitrogens with one attached hydrogen (secondary N) is 1. The number of aryl methyl sites for hydroxylation is 1. The van der Waals surface area contributed by atoms with Crippen LogP contribution in [0.15, 0.2) is 67.5 Å². The normalized spacial score (nSPS) is 14.7.